The number of anilines is 1. The third kappa shape index (κ3) is 4.97. The molecule has 0 amide bonds. The highest BCUT2D eigenvalue weighted by Crippen LogP contribution is 2.18. The molecule has 1 N–H and O–H groups in total. The average Bonchev–Trinajstić information content (AvgIpc) is 2.48. The molecule has 0 spiro atoms. The van der Waals surface area contributed by atoms with E-state index in [0.717, 1.165) is 38.4 Å². The molecule has 0 radical (unpaired) electrons. The first-order chi connectivity index (χ1) is 10.1. The molecule has 1 aromatic carbocycles. The van der Waals surface area contributed by atoms with Gasteiger partial charge in [-0.3, -0.25) is 4.90 Å². The van der Waals surface area contributed by atoms with Gasteiger partial charge in [0.15, 0.2) is 0 Å². The summed E-state index contributed by atoms with van der Waals surface area (Å²) in [5.41, 5.74) is 1.13. The monoisotopic (exact) mass is 293 g/mol. The predicted octanol–water partition coefficient (Wildman–Crippen LogP) is 2.72. The van der Waals surface area contributed by atoms with Gasteiger partial charge >= 0.3 is 0 Å². The third-order valence-corrected chi connectivity index (χ3v) is 4.24. The van der Waals surface area contributed by atoms with Gasteiger partial charge in [0.2, 0.25) is 0 Å². The molecule has 1 aromatic rings. The highest BCUT2D eigenvalue weighted by Gasteiger charge is 2.21. The highest BCUT2D eigenvalue weighted by atomic mass is 19.1. The molecule has 0 aliphatic carbocycles. The molecule has 4 heteroatoms. The van der Waals surface area contributed by atoms with Gasteiger partial charge in [0, 0.05) is 44.0 Å². The Kier molecular flexibility index (Phi) is 6.00. The largest absolute Gasteiger partial charge is 0.369 e. The molecule has 0 aromatic heterocycles. The second-order valence-electron chi connectivity index (χ2n) is 6.25. The Morgan fingerprint density at radius 1 is 1.05 bits per heavy atom. The molecule has 21 heavy (non-hydrogen) atoms. The molecule has 3 nitrogen and oxygen atoms in total. The molecule has 1 heterocycles. The van der Waals surface area contributed by atoms with Crippen molar-refractivity contribution in [1.82, 2.24) is 10.2 Å². The van der Waals surface area contributed by atoms with Crippen LogP contribution in [0.3, 0.4) is 0 Å². The van der Waals surface area contributed by atoms with Gasteiger partial charge in [-0.05, 0) is 44.2 Å². The summed E-state index contributed by atoms with van der Waals surface area (Å²) in [6.07, 6.45) is 1.19. The van der Waals surface area contributed by atoms with Gasteiger partial charge in [0.1, 0.15) is 5.82 Å². The van der Waals surface area contributed by atoms with Crippen LogP contribution in [0.15, 0.2) is 24.3 Å². The molecule has 2 rings (SSSR count). The normalized spacial score (nSPS) is 18.2. The smallest absolute Gasteiger partial charge is 0.123 e. The van der Waals surface area contributed by atoms with Crippen LogP contribution in [0.4, 0.5) is 10.1 Å². The van der Waals surface area contributed by atoms with Crippen molar-refractivity contribution in [2.45, 2.75) is 39.3 Å². The molecule has 1 aliphatic heterocycles. The Hall–Kier alpha value is -1.13. The molecular weight excluding hydrogens is 265 g/mol. The van der Waals surface area contributed by atoms with E-state index in [1.54, 1.807) is 12.1 Å². The summed E-state index contributed by atoms with van der Waals surface area (Å²) in [5.74, 6) is -0.163. The van der Waals surface area contributed by atoms with Gasteiger partial charge in [-0.25, -0.2) is 4.39 Å². The summed E-state index contributed by atoms with van der Waals surface area (Å²) >= 11 is 0. The van der Waals surface area contributed by atoms with E-state index in [1.165, 1.54) is 6.42 Å². The molecule has 118 valence electrons. The minimum atomic E-state index is -0.163. The molecular formula is C17H28FN3. The first-order valence-electron chi connectivity index (χ1n) is 8.04. The summed E-state index contributed by atoms with van der Waals surface area (Å²) < 4.78 is 13.0. The fraction of sp³-hybridized carbons (Fsp3) is 0.647. The van der Waals surface area contributed by atoms with Gasteiger partial charge in [-0.1, -0.05) is 13.8 Å². The minimum Gasteiger partial charge on any atom is -0.369 e. The van der Waals surface area contributed by atoms with Crippen molar-refractivity contribution in [1.29, 1.82) is 0 Å². The Balaban J connectivity index is 1.76. The zero-order chi connectivity index (χ0) is 15.2. The van der Waals surface area contributed by atoms with Crippen LogP contribution >= 0.6 is 0 Å². The van der Waals surface area contributed by atoms with E-state index in [0.29, 0.717) is 12.1 Å². The molecule has 1 aliphatic rings. The number of hydrogen-bond acceptors (Lipinski definition) is 3. The lowest BCUT2D eigenvalue weighted by Crippen LogP contribution is -2.50. The Morgan fingerprint density at radius 3 is 2.24 bits per heavy atom. The van der Waals surface area contributed by atoms with E-state index in [1.807, 2.05) is 12.1 Å². The average molecular weight is 293 g/mol. The maximum absolute atomic E-state index is 13.0. The van der Waals surface area contributed by atoms with Crippen LogP contribution in [0.2, 0.25) is 0 Å². The standard InChI is InChI=1S/C17H28FN3/c1-14(2)19-9-8-15(3)20-10-12-21(13-11-20)17-6-4-16(18)5-7-17/h4-7,14-15,19H,8-13H2,1-3H3. The summed E-state index contributed by atoms with van der Waals surface area (Å²) in [4.78, 5) is 4.90. The number of benzene rings is 1. The van der Waals surface area contributed by atoms with Crippen LogP contribution in [0, 0.1) is 5.82 Å². The number of piperazine rings is 1. The first-order valence-corrected chi connectivity index (χ1v) is 8.04. The fourth-order valence-electron chi connectivity index (χ4n) is 2.84. The molecule has 0 bridgehead atoms. The zero-order valence-electron chi connectivity index (χ0n) is 13.5. The third-order valence-electron chi connectivity index (χ3n) is 4.24. The predicted molar refractivity (Wildman–Crippen MR) is 87.4 cm³/mol. The highest BCUT2D eigenvalue weighted by molar-refractivity contribution is 5.46. The molecule has 1 atom stereocenters. The quantitative estimate of drug-likeness (QED) is 0.870. The van der Waals surface area contributed by atoms with Crippen molar-refractivity contribution < 1.29 is 4.39 Å². The second kappa shape index (κ2) is 7.76. The van der Waals surface area contributed by atoms with E-state index >= 15 is 0 Å². The number of rotatable bonds is 6. The van der Waals surface area contributed by atoms with Crippen molar-refractivity contribution in [3.8, 4) is 0 Å². The van der Waals surface area contributed by atoms with Crippen LogP contribution in [0.5, 0.6) is 0 Å². The second-order valence-corrected chi connectivity index (χ2v) is 6.25. The summed E-state index contributed by atoms with van der Waals surface area (Å²) in [5, 5.41) is 3.48. The Labute approximate surface area is 128 Å². The van der Waals surface area contributed by atoms with Crippen LogP contribution in [0.1, 0.15) is 27.2 Å². The number of halogens is 1. The van der Waals surface area contributed by atoms with Gasteiger partial charge in [0.25, 0.3) is 0 Å². The van der Waals surface area contributed by atoms with Crippen molar-refractivity contribution in [3.63, 3.8) is 0 Å². The van der Waals surface area contributed by atoms with E-state index in [2.05, 4.69) is 35.9 Å². The van der Waals surface area contributed by atoms with Crippen molar-refractivity contribution >= 4 is 5.69 Å². The lowest BCUT2D eigenvalue weighted by atomic mass is 10.1. The van der Waals surface area contributed by atoms with Crippen LogP contribution in [0.25, 0.3) is 0 Å². The molecule has 1 unspecified atom stereocenters. The maximum Gasteiger partial charge on any atom is 0.123 e. The maximum atomic E-state index is 13.0. The molecule has 0 saturated carbocycles. The van der Waals surface area contributed by atoms with Crippen LogP contribution in [-0.4, -0.2) is 49.7 Å². The van der Waals surface area contributed by atoms with E-state index in [9.17, 15) is 4.39 Å². The fourth-order valence-corrected chi connectivity index (χ4v) is 2.84. The topological polar surface area (TPSA) is 18.5 Å². The SMILES string of the molecule is CC(C)NCCC(C)N1CCN(c2ccc(F)cc2)CC1. The molecule has 1 saturated heterocycles. The summed E-state index contributed by atoms with van der Waals surface area (Å²) in [6.45, 7) is 12.0. The minimum absolute atomic E-state index is 0.163. The van der Waals surface area contributed by atoms with Crippen molar-refractivity contribution in [2.75, 3.05) is 37.6 Å². The van der Waals surface area contributed by atoms with Gasteiger partial charge in [0.05, 0.1) is 0 Å². The van der Waals surface area contributed by atoms with Gasteiger partial charge in [-0.15, -0.1) is 0 Å². The lowest BCUT2D eigenvalue weighted by Gasteiger charge is -2.39. The van der Waals surface area contributed by atoms with E-state index in [4.69, 9.17) is 0 Å². The van der Waals surface area contributed by atoms with E-state index < -0.39 is 0 Å². The number of hydrogen-bond donors (Lipinski definition) is 1. The van der Waals surface area contributed by atoms with Gasteiger partial charge in [-0.2, -0.15) is 0 Å². The first kappa shape index (κ1) is 16.2. The van der Waals surface area contributed by atoms with E-state index in [-0.39, 0.29) is 5.82 Å². The Morgan fingerprint density at radius 2 is 1.67 bits per heavy atom. The zero-order valence-corrected chi connectivity index (χ0v) is 13.5. The summed E-state index contributed by atoms with van der Waals surface area (Å²) in [7, 11) is 0. The summed E-state index contributed by atoms with van der Waals surface area (Å²) in [6, 6.07) is 8.02. The Bertz CT molecular complexity index is 411. The molecule has 1 fully saturated rings. The lowest BCUT2D eigenvalue weighted by molar-refractivity contribution is 0.187. The van der Waals surface area contributed by atoms with Crippen LogP contribution < -0.4 is 10.2 Å². The van der Waals surface area contributed by atoms with Crippen molar-refractivity contribution in [3.05, 3.63) is 30.1 Å². The van der Waals surface area contributed by atoms with Crippen molar-refractivity contribution in [2.24, 2.45) is 0 Å². The number of nitrogens with zero attached hydrogens (tertiary/aromatic N) is 2. The van der Waals surface area contributed by atoms with Gasteiger partial charge < -0.3 is 10.2 Å². The van der Waals surface area contributed by atoms with Crippen LogP contribution in [-0.2, 0) is 0 Å². The number of nitrogens with one attached hydrogen (secondary N) is 1.